The molecular formula is C13H17NO2S. The molecule has 0 saturated carbocycles. The van der Waals surface area contributed by atoms with Gasteiger partial charge in [-0.1, -0.05) is 18.2 Å². The number of benzene rings is 1. The van der Waals surface area contributed by atoms with Crippen LogP contribution in [0.15, 0.2) is 29.2 Å². The van der Waals surface area contributed by atoms with Crippen LogP contribution in [0.3, 0.4) is 0 Å². The summed E-state index contributed by atoms with van der Waals surface area (Å²) in [5.74, 6) is -0.300. The van der Waals surface area contributed by atoms with Crippen molar-refractivity contribution < 1.29 is 9.59 Å². The minimum absolute atomic E-state index is 0.0236. The molecule has 1 rings (SSSR count). The number of rotatable bonds is 6. The molecule has 0 bridgehead atoms. The van der Waals surface area contributed by atoms with Gasteiger partial charge in [0.2, 0.25) is 5.91 Å². The predicted molar refractivity (Wildman–Crippen MR) is 70.2 cm³/mol. The molecule has 1 aromatic carbocycles. The van der Waals surface area contributed by atoms with Crippen LogP contribution < -0.4 is 5.32 Å². The van der Waals surface area contributed by atoms with Crippen molar-refractivity contribution >= 4 is 23.5 Å². The number of hydrogen-bond acceptors (Lipinski definition) is 3. The second-order valence-corrected chi connectivity index (χ2v) is 4.64. The highest BCUT2D eigenvalue weighted by Gasteiger charge is 2.05. The largest absolute Gasteiger partial charge is 0.355 e. The highest BCUT2D eigenvalue weighted by atomic mass is 32.2. The summed E-state index contributed by atoms with van der Waals surface area (Å²) in [5, 5.41) is 2.74. The molecule has 0 fully saturated rings. The summed E-state index contributed by atoms with van der Waals surface area (Å²) in [5.41, 5.74) is 1.23. The molecule has 1 amide bonds. The Morgan fingerprint density at radius 3 is 2.65 bits per heavy atom. The molecule has 0 heterocycles. The number of ketones is 1. The number of hydrogen-bond donors (Lipinski definition) is 1. The van der Waals surface area contributed by atoms with E-state index >= 15 is 0 Å². The van der Waals surface area contributed by atoms with E-state index in [1.165, 1.54) is 17.4 Å². The summed E-state index contributed by atoms with van der Waals surface area (Å²) in [6, 6.07) is 8.12. The van der Waals surface area contributed by atoms with Gasteiger partial charge in [-0.2, -0.15) is 0 Å². The average molecular weight is 251 g/mol. The van der Waals surface area contributed by atoms with Crippen LogP contribution in [0, 0.1) is 0 Å². The van der Waals surface area contributed by atoms with Crippen molar-refractivity contribution in [2.75, 3.05) is 12.8 Å². The van der Waals surface area contributed by atoms with E-state index in [4.69, 9.17) is 0 Å². The number of Topliss-reactive ketones (excluding diaryl/α,β-unsaturated/α-hetero) is 1. The van der Waals surface area contributed by atoms with Gasteiger partial charge in [0, 0.05) is 11.4 Å². The third-order valence-electron chi connectivity index (χ3n) is 2.32. The van der Waals surface area contributed by atoms with E-state index in [9.17, 15) is 9.59 Å². The van der Waals surface area contributed by atoms with Crippen LogP contribution in [-0.2, 0) is 16.0 Å². The van der Waals surface area contributed by atoms with Crippen LogP contribution in [0.4, 0.5) is 0 Å². The number of amides is 1. The zero-order valence-corrected chi connectivity index (χ0v) is 11.0. The normalized spacial score (nSPS) is 10.0. The Labute approximate surface area is 106 Å². The number of carbonyl (C=O) groups excluding carboxylic acids is 2. The van der Waals surface area contributed by atoms with Gasteiger partial charge in [-0.3, -0.25) is 9.59 Å². The SMILES string of the molecule is CSc1ccccc1CCNC(=O)CC(C)=O. The lowest BCUT2D eigenvalue weighted by Crippen LogP contribution is -2.27. The molecule has 0 saturated heterocycles. The quantitative estimate of drug-likeness (QED) is 0.621. The second kappa shape index (κ2) is 7.12. The van der Waals surface area contributed by atoms with Gasteiger partial charge in [-0.15, -0.1) is 11.8 Å². The summed E-state index contributed by atoms with van der Waals surface area (Å²) >= 11 is 1.70. The monoisotopic (exact) mass is 251 g/mol. The molecule has 1 N–H and O–H groups in total. The second-order valence-electron chi connectivity index (χ2n) is 3.79. The number of thioether (sulfide) groups is 1. The van der Waals surface area contributed by atoms with E-state index in [0.29, 0.717) is 6.54 Å². The summed E-state index contributed by atoms with van der Waals surface area (Å²) in [6.45, 7) is 1.99. The molecule has 0 aliphatic rings. The zero-order valence-electron chi connectivity index (χ0n) is 10.2. The Bertz CT molecular complexity index is 404. The van der Waals surface area contributed by atoms with Gasteiger partial charge < -0.3 is 5.32 Å². The Morgan fingerprint density at radius 1 is 1.29 bits per heavy atom. The first-order chi connectivity index (χ1) is 8.13. The lowest BCUT2D eigenvalue weighted by Gasteiger charge is -2.07. The highest BCUT2D eigenvalue weighted by molar-refractivity contribution is 7.98. The van der Waals surface area contributed by atoms with Crippen LogP contribution in [0.5, 0.6) is 0 Å². The van der Waals surface area contributed by atoms with Crippen LogP contribution >= 0.6 is 11.8 Å². The smallest absolute Gasteiger partial charge is 0.227 e. The molecular weight excluding hydrogens is 234 g/mol. The minimum Gasteiger partial charge on any atom is -0.355 e. The fourth-order valence-electron chi connectivity index (χ4n) is 1.53. The van der Waals surface area contributed by atoms with Gasteiger partial charge in [0.1, 0.15) is 5.78 Å². The van der Waals surface area contributed by atoms with Gasteiger partial charge in [0.25, 0.3) is 0 Å². The van der Waals surface area contributed by atoms with E-state index in [1.54, 1.807) is 11.8 Å². The van der Waals surface area contributed by atoms with Crippen LogP contribution in [0.1, 0.15) is 18.9 Å². The molecule has 0 unspecified atom stereocenters. The summed E-state index contributed by atoms with van der Waals surface area (Å²) < 4.78 is 0. The van der Waals surface area contributed by atoms with E-state index in [1.807, 2.05) is 18.4 Å². The number of nitrogens with one attached hydrogen (secondary N) is 1. The standard InChI is InChI=1S/C13H17NO2S/c1-10(15)9-13(16)14-8-7-11-5-3-4-6-12(11)17-2/h3-6H,7-9H2,1-2H3,(H,14,16). The Balaban J connectivity index is 2.40. The first kappa shape index (κ1) is 13.8. The Hall–Kier alpha value is -1.29. The molecule has 1 aromatic rings. The zero-order chi connectivity index (χ0) is 12.7. The van der Waals surface area contributed by atoms with Crippen molar-refractivity contribution in [3.63, 3.8) is 0 Å². The topological polar surface area (TPSA) is 46.2 Å². The summed E-state index contributed by atoms with van der Waals surface area (Å²) in [7, 11) is 0. The van der Waals surface area contributed by atoms with Crippen molar-refractivity contribution in [3.05, 3.63) is 29.8 Å². The third-order valence-corrected chi connectivity index (χ3v) is 3.16. The van der Waals surface area contributed by atoms with Gasteiger partial charge in [0.15, 0.2) is 0 Å². The van der Waals surface area contributed by atoms with E-state index in [-0.39, 0.29) is 18.1 Å². The summed E-state index contributed by atoms with van der Waals surface area (Å²) in [4.78, 5) is 23.2. The Kier molecular flexibility index (Phi) is 5.77. The molecule has 0 spiro atoms. The van der Waals surface area contributed by atoms with Gasteiger partial charge >= 0.3 is 0 Å². The number of carbonyl (C=O) groups is 2. The molecule has 4 heteroatoms. The van der Waals surface area contributed by atoms with Gasteiger partial charge in [-0.05, 0) is 31.2 Å². The molecule has 0 aromatic heterocycles. The lowest BCUT2D eigenvalue weighted by atomic mass is 10.1. The maximum Gasteiger partial charge on any atom is 0.227 e. The molecule has 0 aliphatic carbocycles. The van der Waals surface area contributed by atoms with Crippen molar-refractivity contribution in [1.29, 1.82) is 0 Å². The lowest BCUT2D eigenvalue weighted by molar-refractivity contribution is -0.127. The van der Waals surface area contributed by atoms with Crippen molar-refractivity contribution in [2.24, 2.45) is 0 Å². The average Bonchev–Trinajstić information content (AvgIpc) is 2.28. The van der Waals surface area contributed by atoms with Gasteiger partial charge in [-0.25, -0.2) is 0 Å². The van der Waals surface area contributed by atoms with E-state index in [2.05, 4.69) is 17.4 Å². The Morgan fingerprint density at radius 2 is 2.00 bits per heavy atom. The van der Waals surface area contributed by atoms with E-state index in [0.717, 1.165) is 6.42 Å². The fourth-order valence-corrected chi connectivity index (χ4v) is 2.18. The highest BCUT2D eigenvalue weighted by Crippen LogP contribution is 2.19. The predicted octanol–water partition coefficient (Wildman–Crippen LogP) is 2.05. The molecule has 92 valence electrons. The molecule has 3 nitrogen and oxygen atoms in total. The van der Waals surface area contributed by atoms with E-state index < -0.39 is 0 Å². The molecule has 17 heavy (non-hydrogen) atoms. The summed E-state index contributed by atoms with van der Waals surface area (Å²) in [6.07, 6.45) is 2.80. The van der Waals surface area contributed by atoms with Crippen LogP contribution in [0.2, 0.25) is 0 Å². The fraction of sp³-hybridized carbons (Fsp3) is 0.385. The first-order valence-electron chi connectivity index (χ1n) is 5.51. The van der Waals surface area contributed by atoms with Crippen molar-refractivity contribution in [3.8, 4) is 0 Å². The maximum absolute atomic E-state index is 11.3. The van der Waals surface area contributed by atoms with Gasteiger partial charge in [0.05, 0.1) is 6.42 Å². The molecule has 0 radical (unpaired) electrons. The molecule has 0 atom stereocenters. The van der Waals surface area contributed by atoms with Crippen LogP contribution in [-0.4, -0.2) is 24.5 Å². The minimum atomic E-state index is -0.195. The third kappa shape index (κ3) is 5.04. The first-order valence-corrected chi connectivity index (χ1v) is 6.74. The maximum atomic E-state index is 11.3. The molecule has 0 aliphatic heterocycles. The van der Waals surface area contributed by atoms with Crippen molar-refractivity contribution in [1.82, 2.24) is 5.32 Å². The van der Waals surface area contributed by atoms with Crippen molar-refractivity contribution in [2.45, 2.75) is 24.7 Å². The van der Waals surface area contributed by atoms with Crippen LogP contribution in [0.25, 0.3) is 0 Å².